The van der Waals surface area contributed by atoms with E-state index in [1.165, 1.54) is 0 Å². The number of likely N-dealkylation sites (tertiary alicyclic amines) is 1. The van der Waals surface area contributed by atoms with Crippen molar-refractivity contribution in [3.05, 3.63) is 60.7 Å². The number of nitrogens with zero attached hydrogens (tertiary/aromatic N) is 3. The molecule has 0 radical (unpaired) electrons. The first kappa shape index (κ1) is 22.4. The van der Waals surface area contributed by atoms with Gasteiger partial charge in [0.05, 0.1) is 19.1 Å². The van der Waals surface area contributed by atoms with Gasteiger partial charge in [0.1, 0.15) is 5.75 Å². The van der Waals surface area contributed by atoms with Crippen LogP contribution in [-0.4, -0.2) is 43.0 Å². The number of hydrogen-bond donors (Lipinski definition) is 0. The van der Waals surface area contributed by atoms with Crippen LogP contribution in [0.3, 0.4) is 0 Å². The Morgan fingerprint density at radius 2 is 1.65 bits per heavy atom. The zero-order valence-electron chi connectivity index (χ0n) is 17.8. The number of benzene rings is 2. The van der Waals surface area contributed by atoms with Crippen LogP contribution >= 0.6 is 0 Å². The van der Waals surface area contributed by atoms with Crippen molar-refractivity contribution < 1.29 is 14.3 Å². The van der Waals surface area contributed by atoms with Crippen molar-refractivity contribution in [1.82, 2.24) is 4.90 Å². The molecule has 0 bridgehead atoms. The number of para-hydroxylation sites is 2. The van der Waals surface area contributed by atoms with Gasteiger partial charge in [0.2, 0.25) is 11.8 Å². The number of hydrogen-bond acceptors (Lipinski definition) is 4. The first-order chi connectivity index (χ1) is 15.2. The maximum atomic E-state index is 12.7. The van der Waals surface area contributed by atoms with E-state index in [0.29, 0.717) is 32.2 Å². The summed E-state index contributed by atoms with van der Waals surface area (Å²) in [6.45, 7) is 2.40. The lowest BCUT2D eigenvalue weighted by Crippen LogP contribution is -2.40. The van der Waals surface area contributed by atoms with Crippen LogP contribution in [0.25, 0.3) is 0 Å². The molecular weight excluding hydrogens is 390 g/mol. The third kappa shape index (κ3) is 6.85. The Kier molecular flexibility index (Phi) is 8.48. The summed E-state index contributed by atoms with van der Waals surface area (Å²) in [5.41, 5.74) is 0.759. The lowest BCUT2D eigenvalue weighted by molar-refractivity contribution is -0.134. The van der Waals surface area contributed by atoms with Crippen LogP contribution in [-0.2, 0) is 9.59 Å². The van der Waals surface area contributed by atoms with E-state index in [1.54, 1.807) is 4.90 Å². The predicted octanol–water partition coefficient (Wildman–Crippen LogP) is 4.03. The minimum atomic E-state index is -0.124. The summed E-state index contributed by atoms with van der Waals surface area (Å²) in [6, 6.07) is 21.2. The second-order valence-electron chi connectivity index (χ2n) is 7.74. The molecule has 0 aliphatic carbocycles. The SMILES string of the molecule is N#CCCN(C(=O)CCC(=O)N1CCC(COc2ccccc2)CC1)c1ccccc1. The number of anilines is 1. The monoisotopic (exact) mass is 419 g/mol. The van der Waals surface area contributed by atoms with E-state index >= 15 is 0 Å². The molecule has 1 fully saturated rings. The first-order valence-corrected chi connectivity index (χ1v) is 10.9. The van der Waals surface area contributed by atoms with Crippen LogP contribution in [0.4, 0.5) is 5.69 Å². The topological polar surface area (TPSA) is 73.6 Å². The van der Waals surface area contributed by atoms with Crippen molar-refractivity contribution in [1.29, 1.82) is 5.26 Å². The van der Waals surface area contributed by atoms with Crippen LogP contribution in [0.1, 0.15) is 32.1 Å². The maximum Gasteiger partial charge on any atom is 0.227 e. The molecule has 0 aromatic heterocycles. The molecule has 2 amide bonds. The van der Waals surface area contributed by atoms with Crippen molar-refractivity contribution >= 4 is 17.5 Å². The van der Waals surface area contributed by atoms with Gasteiger partial charge in [-0.15, -0.1) is 0 Å². The molecule has 0 unspecified atom stereocenters. The van der Waals surface area contributed by atoms with Gasteiger partial charge in [-0.2, -0.15) is 5.26 Å². The molecule has 6 heteroatoms. The minimum Gasteiger partial charge on any atom is -0.493 e. The second-order valence-corrected chi connectivity index (χ2v) is 7.74. The normalized spacial score (nSPS) is 14.0. The highest BCUT2D eigenvalue weighted by atomic mass is 16.5. The van der Waals surface area contributed by atoms with Crippen molar-refractivity contribution in [2.75, 3.05) is 31.1 Å². The highest BCUT2D eigenvalue weighted by molar-refractivity contribution is 5.95. The van der Waals surface area contributed by atoms with Gasteiger partial charge in [-0.05, 0) is 43.0 Å². The molecule has 0 saturated carbocycles. The van der Waals surface area contributed by atoms with Gasteiger partial charge in [0, 0.05) is 38.2 Å². The summed E-state index contributed by atoms with van der Waals surface area (Å²) in [6.07, 6.45) is 2.42. The molecule has 1 saturated heterocycles. The quantitative estimate of drug-likeness (QED) is 0.615. The molecule has 31 heavy (non-hydrogen) atoms. The van der Waals surface area contributed by atoms with Crippen LogP contribution in [0, 0.1) is 17.2 Å². The summed E-state index contributed by atoms with van der Waals surface area (Å²) in [5, 5.41) is 8.90. The van der Waals surface area contributed by atoms with E-state index in [0.717, 1.165) is 24.3 Å². The molecule has 1 aliphatic heterocycles. The average molecular weight is 420 g/mol. The second kappa shape index (κ2) is 11.8. The number of ether oxygens (including phenoxy) is 1. The van der Waals surface area contributed by atoms with Crippen LogP contribution in [0.5, 0.6) is 5.75 Å². The summed E-state index contributed by atoms with van der Waals surface area (Å²) in [7, 11) is 0. The highest BCUT2D eigenvalue weighted by Gasteiger charge is 2.24. The number of carbonyl (C=O) groups is 2. The zero-order chi connectivity index (χ0) is 21.9. The smallest absolute Gasteiger partial charge is 0.227 e. The summed E-state index contributed by atoms with van der Waals surface area (Å²) >= 11 is 0. The first-order valence-electron chi connectivity index (χ1n) is 10.9. The number of carbonyl (C=O) groups excluding carboxylic acids is 2. The number of amides is 2. The molecule has 0 N–H and O–H groups in total. The number of rotatable bonds is 9. The van der Waals surface area contributed by atoms with Crippen molar-refractivity contribution in [3.8, 4) is 11.8 Å². The molecule has 0 atom stereocenters. The van der Waals surface area contributed by atoms with E-state index in [4.69, 9.17) is 10.00 Å². The summed E-state index contributed by atoms with van der Waals surface area (Å²) in [4.78, 5) is 28.8. The number of piperidine rings is 1. The van der Waals surface area contributed by atoms with Gasteiger partial charge in [-0.3, -0.25) is 9.59 Å². The lowest BCUT2D eigenvalue weighted by Gasteiger charge is -2.32. The summed E-state index contributed by atoms with van der Waals surface area (Å²) in [5.74, 6) is 1.20. The molecule has 3 rings (SSSR count). The molecule has 162 valence electrons. The Balaban J connectivity index is 1.42. The fourth-order valence-electron chi connectivity index (χ4n) is 3.75. The largest absolute Gasteiger partial charge is 0.493 e. The molecule has 6 nitrogen and oxygen atoms in total. The molecular formula is C25H29N3O3. The molecule has 2 aromatic carbocycles. The fourth-order valence-corrected chi connectivity index (χ4v) is 3.75. The molecule has 1 aliphatic rings. The van der Waals surface area contributed by atoms with Crippen molar-refractivity contribution in [2.45, 2.75) is 32.1 Å². The van der Waals surface area contributed by atoms with Gasteiger partial charge in [0.15, 0.2) is 0 Å². The van der Waals surface area contributed by atoms with E-state index < -0.39 is 0 Å². The summed E-state index contributed by atoms with van der Waals surface area (Å²) < 4.78 is 5.84. The number of nitriles is 1. The van der Waals surface area contributed by atoms with Gasteiger partial charge in [0.25, 0.3) is 0 Å². The van der Waals surface area contributed by atoms with Crippen molar-refractivity contribution in [2.24, 2.45) is 5.92 Å². The van der Waals surface area contributed by atoms with Crippen molar-refractivity contribution in [3.63, 3.8) is 0 Å². The Morgan fingerprint density at radius 3 is 2.29 bits per heavy atom. The van der Waals surface area contributed by atoms with Crippen LogP contribution in [0.2, 0.25) is 0 Å². The lowest BCUT2D eigenvalue weighted by atomic mass is 9.97. The Morgan fingerprint density at radius 1 is 1.00 bits per heavy atom. The Labute approximate surface area is 184 Å². The molecule has 2 aromatic rings. The van der Waals surface area contributed by atoms with Crippen LogP contribution in [0.15, 0.2) is 60.7 Å². The third-order valence-electron chi connectivity index (χ3n) is 5.57. The molecule has 0 spiro atoms. The average Bonchev–Trinajstić information content (AvgIpc) is 2.83. The van der Waals surface area contributed by atoms with E-state index in [1.807, 2.05) is 65.6 Å². The van der Waals surface area contributed by atoms with E-state index in [2.05, 4.69) is 6.07 Å². The predicted molar refractivity (Wildman–Crippen MR) is 120 cm³/mol. The maximum absolute atomic E-state index is 12.7. The third-order valence-corrected chi connectivity index (χ3v) is 5.57. The standard InChI is InChI=1S/C25H29N3O3/c26-16-7-17-28(22-8-3-1-4-9-22)25(30)13-12-24(29)27-18-14-21(15-19-27)20-31-23-10-5-2-6-11-23/h1-6,8-11,21H,7,12-15,17-20H2. The van der Waals surface area contributed by atoms with E-state index in [9.17, 15) is 9.59 Å². The Bertz CT molecular complexity index is 872. The van der Waals surface area contributed by atoms with Gasteiger partial charge in [-0.1, -0.05) is 36.4 Å². The van der Waals surface area contributed by atoms with Crippen LogP contribution < -0.4 is 9.64 Å². The fraction of sp³-hybridized carbons (Fsp3) is 0.400. The zero-order valence-corrected chi connectivity index (χ0v) is 17.8. The highest BCUT2D eigenvalue weighted by Crippen LogP contribution is 2.21. The van der Waals surface area contributed by atoms with Gasteiger partial charge < -0.3 is 14.5 Å². The van der Waals surface area contributed by atoms with Gasteiger partial charge >= 0.3 is 0 Å². The van der Waals surface area contributed by atoms with E-state index in [-0.39, 0.29) is 31.1 Å². The van der Waals surface area contributed by atoms with Gasteiger partial charge in [-0.25, -0.2) is 0 Å². The minimum absolute atomic E-state index is 0.0177. The molecule has 1 heterocycles. The Hall–Kier alpha value is -3.33.